The van der Waals surface area contributed by atoms with Crippen molar-refractivity contribution in [3.05, 3.63) is 28.2 Å². The van der Waals surface area contributed by atoms with Gasteiger partial charge in [0.05, 0.1) is 11.7 Å². The van der Waals surface area contributed by atoms with Crippen LogP contribution < -0.4 is 10.2 Å². The molecule has 4 heteroatoms. The first-order valence-corrected chi connectivity index (χ1v) is 7.27. The molecule has 1 aromatic rings. The number of anilines is 1. The monoisotopic (exact) mass is 311 g/mol. The van der Waals surface area contributed by atoms with E-state index < -0.39 is 0 Å². The van der Waals surface area contributed by atoms with E-state index >= 15 is 0 Å². The molecule has 2 rings (SSSR count). The molecule has 1 N–H and O–H groups in total. The molecule has 1 aliphatic rings. The molecular weight excluding hydrogens is 290 g/mol. The highest BCUT2D eigenvalue weighted by atomic mass is 79.9. The number of benzene rings is 1. The van der Waals surface area contributed by atoms with Crippen molar-refractivity contribution in [2.75, 3.05) is 45.2 Å². The Kier molecular flexibility index (Phi) is 4.65. The molecule has 0 saturated carbocycles. The molecule has 1 aliphatic heterocycles. The standard InChI is InChI=1S/C14H22BrN3/c1-11-4-5-14(13(15)8-11)18-7-6-17(3)10-12(18)9-16-2/h4-5,8,12,16H,6-7,9-10H2,1-3H3. The van der Waals surface area contributed by atoms with Crippen LogP contribution in [0.25, 0.3) is 0 Å². The maximum Gasteiger partial charge on any atom is 0.0542 e. The van der Waals surface area contributed by atoms with Crippen LogP contribution in [0.5, 0.6) is 0 Å². The van der Waals surface area contributed by atoms with E-state index in [1.165, 1.54) is 15.7 Å². The molecular formula is C14H22BrN3. The highest BCUT2D eigenvalue weighted by molar-refractivity contribution is 9.10. The van der Waals surface area contributed by atoms with Gasteiger partial charge in [-0.2, -0.15) is 0 Å². The molecule has 18 heavy (non-hydrogen) atoms. The summed E-state index contributed by atoms with van der Waals surface area (Å²) in [7, 11) is 4.22. The topological polar surface area (TPSA) is 18.5 Å². The lowest BCUT2D eigenvalue weighted by Crippen LogP contribution is -2.55. The third-order valence-electron chi connectivity index (χ3n) is 3.54. The Morgan fingerprint density at radius 2 is 2.17 bits per heavy atom. The molecule has 0 amide bonds. The molecule has 0 bridgehead atoms. The largest absolute Gasteiger partial charge is 0.364 e. The molecule has 100 valence electrons. The van der Waals surface area contributed by atoms with Crippen LogP contribution in [0.1, 0.15) is 5.56 Å². The van der Waals surface area contributed by atoms with Crippen LogP contribution in [0.3, 0.4) is 0 Å². The summed E-state index contributed by atoms with van der Waals surface area (Å²) in [6.45, 7) is 6.47. The number of likely N-dealkylation sites (N-methyl/N-ethyl adjacent to an activating group) is 2. The minimum atomic E-state index is 0.535. The highest BCUT2D eigenvalue weighted by Crippen LogP contribution is 2.29. The maximum absolute atomic E-state index is 3.70. The van der Waals surface area contributed by atoms with Gasteiger partial charge < -0.3 is 15.1 Å². The molecule has 0 radical (unpaired) electrons. The van der Waals surface area contributed by atoms with Crippen LogP contribution in [-0.4, -0.2) is 51.2 Å². The number of hydrogen-bond acceptors (Lipinski definition) is 3. The molecule has 1 saturated heterocycles. The molecule has 0 spiro atoms. The first-order valence-electron chi connectivity index (χ1n) is 6.47. The van der Waals surface area contributed by atoms with Crippen LogP contribution in [0.15, 0.2) is 22.7 Å². The van der Waals surface area contributed by atoms with E-state index in [-0.39, 0.29) is 0 Å². The molecule has 1 heterocycles. The Balaban J connectivity index is 2.23. The van der Waals surface area contributed by atoms with E-state index in [1.54, 1.807) is 0 Å². The third kappa shape index (κ3) is 3.05. The van der Waals surface area contributed by atoms with Crippen molar-refractivity contribution in [3.8, 4) is 0 Å². The molecule has 1 atom stereocenters. The number of piperazine rings is 1. The van der Waals surface area contributed by atoms with Crippen molar-refractivity contribution >= 4 is 21.6 Å². The number of rotatable bonds is 3. The summed E-state index contributed by atoms with van der Waals surface area (Å²) in [5.41, 5.74) is 2.61. The van der Waals surface area contributed by atoms with Gasteiger partial charge in [-0.3, -0.25) is 0 Å². The summed E-state index contributed by atoms with van der Waals surface area (Å²) < 4.78 is 1.20. The normalized spacial score (nSPS) is 21.3. The van der Waals surface area contributed by atoms with Gasteiger partial charge in [-0.05, 0) is 54.6 Å². The van der Waals surface area contributed by atoms with E-state index in [4.69, 9.17) is 0 Å². The molecule has 3 nitrogen and oxygen atoms in total. The highest BCUT2D eigenvalue weighted by Gasteiger charge is 2.25. The maximum atomic E-state index is 3.70. The van der Waals surface area contributed by atoms with Gasteiger partial charge in [-0.25, -0.2) is 0 Å². The quantitative estimate of drug-likeness (QED) is 0.922. The van der Waals surface area contributed by atoms with E-state index in [9.17, 15) is 0 Å². The number of halogens is 1. The average Bonchev–Trinajstić information content (AvgIpc) is 2.31. The Bertz CT molecular complexity index is 408. The first kappa shape index (κ1) is 13.8. The smallest absolute Gasteiger partial charge is 0.0542 e. The minimum absolute atomic E-state index is 0.535. The Hall–Kier alpha value is -0.580. The van der Waals surface area contributed by atoms with Crippen molar-refractivity contribution in [2.24, 2.45) is 0 Å². The lowest BCUT2D eigenvalue weighted by atomic mass is 10.1. The van der Waals surface area contributed by atoms with Gasteiger partial charge >= 0.3 is 0 Å². The number of aryl methyl sites for hydroxylation is 1. The van der Waals surface area contributed by atoms with Crippen LogP contribution in [-0.2, 0) is 0 Å². The Morgan fingerprint density at radius 1 is 1.39 bits per heavy atom. The summed E-state index contributed by atoms with van der Waals surface area (Å²) in [6.07, 6.45) is 0. The minimum Gasteiger partial charge on any atom is -0.364 e. The van der Waals surface area contributed by atoms with Crippen LogP contribution in [0, 0.1) is 6.92 Å². The summed E-state index contributed by atoms with van der Waals surface area (Å²) in [5.74, 6) is 0. The molecule has 1 fully saturated rings. The second-order valence-corrected chi connectivity index (χ2v) is 5.98. The van der Waals surface area contributed by atoms with E-state index in [0.717, 1.165) is 26.2 Å². The zero-order valence-corrected chi connectivity index (χ0v) is 13.0. The molecule has 1 aromatic carbocycles. The lowest BCUT2D eigenvalue weighted by molar-refractivity contribution is 0.265. The summed E-state index contributed by atoms with van der Waals surface area (Å²) in [4.78, 5) is 4.92. The predicted octanol–water partition coefficient (Wildman–Crippen LogP) is 2.10. The molecule has 0 aliphatic carbocycles. The van der Waals surface area contributed by atoms with Gasteiger partial charge in [0.25, 0.3) is 0 Å². The summed E-state index contributed by atoms with van der Waals surface area (Å²) in [6, 6.07) is 7.15. The fourth-order valence-corrected chi connectivity index (χ4v) is 3.30. The van der Waals surface area contributed by atoms with E-state index in [0.29, 0.717) is 6.04 Å². The number of hydrogen-bond donors (Lipinski definition) is 1. The molecule has 1 unspecified atom stereocenters. The van der Waals surface area contributed by atoms with Crippen molar-refractivity contribution in [1.29, 1.82) is 0 Å². The lowest BCUT2D eigenvalue weighted by Gasteiger charge is -2.42. The second-order valence-electron chi connectivity index (χ2n) is 5.12. The first-order chi connectivity index (χ1) is 8.61. The van der Waals surface area contributed by atoms with Crippen molar-refractivity contribution < 1.29 is 0 Å². The van der Waals surface area contributed by atoms with Gasteiger partial charge in [-0.15, -0.1) is 0 Å². The van der Waals surface area contributed by atoms with Crippen LogP contribution in [0.2, 0.25) is 0 Å². The predicted molar refractivity (Wildman–Crippen MR) is 81.4 cm³/mol. The van der Waals surface area contributed by atoms with Gasteiger partial charge in [0.1, 0.15) is 0 Å². The van der Waals surface area contributed by atoms with Gasteiger partial charge in [-0.1, -0.05) is 6.07 Å². The number of nitrogens with zero attached hydrogens (tertiary/aromatic N) is 2. The van der Waals surface area contributed by atoms with Crippen molar-refractivity contribution in [1.82, 2.24) is 10.2 Å². The van der Waals surface area contributed by atoms with Gasteiger partial charge in [0.2, 0.25) is 0 Å². The van der Waals surface area contributed by atoms with Crippen molar-refractivity contribution in [2.45, 2.75) is 13.0 Å². The van der Waals surface area contributed by atoms with E-state index in [2.05, 4.69) is 63.2 Å². The van der Waals surface area contributed by atoms with Crippen LogP contribution >= 0.6 is 15.9 Å². The van der Waals surface area contributed by atoms with Gasteiger partial charge in [0.15, 0.2) is 0 Å². The average molecular weight is 312 g/mol. The van der Waals surface area contributed by atoms with E-state index in [1.807, 2.05) is 7.05 Å². The third-order valence-corrected chi connectivity index (χ3v) is 4.17. The van der Waals surface area contributed by atoms with Gasteiger partial charge in [0, 0.05) is 30.7 Å². The Morgan fingerprint density at radius 3 is 2.83 bits per heavy atom. The number of nitrogens with one attached hydrogen (secondary N) is 1. The summed E-state index contributed by atoms with van der Waals surface area (Å²) >= 11 is 3.70. The zero-order chi connectivity index (χ0) is 13.1. The fourth-order valence-electron chi connectivity index (χ4n) is 2.58. The SMILES string of the molecule is CNCC1CN(C)CCN1c1ccc(C)cc1Br. The Labute approximate surface area is 118 Å². The molecule has 0 aromatic heterocycles. The second kappa shape index (κ2) is 6.04. The fraction of sp³-hybridized carbons (Fsp3) is 0.571. The summed E-state index contributed by atoms with van der Waals surface area (Å²) in [5, 5.41) is 3.30. The van der Waals surface area contributed by atoms with Crippen molar-refractivity contribution in [3.63, 3.8) is 0 Å². The zero-order valence-electron chi connectivity index (χ0n) is 11.4. The van der Waals surface area contributed by atoms with Crippen LogP contribution in [0.4, 0.5) is 5.69 Å².